The second-order valence-corrected chi connectivity index (χ2v) is 3.62. The van der Waals surface area contributed by atoms with Gasteiger partial charge in [-0.15, -0.1) is 5.10 Å². The molecule has 0 saturated heterocycles. The summed E-state index contributed by atoms with van der Waals surface area (Å²) in [4.78, 5) is 11.5. The third kappa shape index (κ3) is 1.66. The number of anilines is 1. The van der Waals surface area contributed by atoms with Crippen LogP contribution < -0.4 is 5.32 Å². The number of nitrogens with one attached hydrogen (secondary N) is 1. The minimum atomic E-state index is -0.155. The van der Waals surface area contributed by atoms with Crippen molar-refractivity contribution in [3.05, 3.63) is 18.3 Å². The summed E-state index contributed by atoms with van der Waals surface area (Å²) < 4.78 is 0. The van der Waals surface area contributed by atoms with Crippen LogP contribution in [0.25, 0.3) is 0 Å². The fraction of sp³-hybridized carbons (Fsp3) is 0.444. The standard InChI is InChI=1S/C9H11N3O/c1-9(4-5-9)8(13)11-7-3-2-6-10-12-7/h2-3,6H,4-5H2,1H3,(H,11,12,13). The van der Waals surface area contributed by atoms with E-state index in [0.29, 0.717) is 5.82 Å². The SMILES string of the molecule is CC1(C(=O)Nc2cccnn2)CC1. The summed E-state index contributed by atoms with van der Waals surface area (Å²) >= 11 is 0. The van der Waals surface area contributed by atoms with Gasteiger partial charge in [0, 0.05) is 11.6 Å². The van der Waals surface area contributed by atoms with Crippen molar-refractivity contribution in [3.8, 4) is 0 Å². The molecule has 1 heterocycles. The minimum Gasteiger partial charge on any atom is -0.309 e. The van der Waals surface area contributed by atoms with Gasteiger partial charge in [0.05, 0.1) is 0 Å². The number of hydrogen-bond acceptors (Lipinski definition) is 3. The van der Waals surface area contributed by atoms with E-state index in [4.69, 9.17) is 0 Å². The highest BCUT2D eigenvalue weighted by molar-refractivity contribution is 5.95. The van der Waals surface area contributed by atoms with Crippen molar-refractivity contribution in [2.75, 3.05) is 5.32 Å². The quantitative estimate of drug-likeness (QED) is 0.738. The number of hydrogen-bond donors (Lipinski definition) is 1. The fourth-order valence-electron chi connectivity index (χ4n) is 1.05. The number of carbonyl (C=O) groups excluding carboxylic acids is 1. The molecule has 68 valence electrons. The lowest BCUT2D eigenvalue weighted by Crippen LogP contribution is -2.21. The number of amides is 1. The van der Waals surface area contributed by atoms with E-state index in [1.165, 1.54) is 0 Å². The summed E-state index contributed by atoms with van der Waals surface area (Å²) in [5.74, 6) is 0.577. The van der Waals surface area contributed by atoms with Gasteiger partial charge >= 0.3 is 0 Å². The lowest BCUT2D eigenvalue weighted by molar-refractivity contribution is -0.120. The topological polar surface area (TPSA) is 54.9 Å². The van der Waals surface area contributed by atoms with Crippen LogP contribution in [0.5, 0.6) is 0 Å². The molecule has 0 aromatic carbocycles. The summed E-state index contributed by atoms with van der Waals surface area (Å²) in [5, 5.41) is 10.2. The van der Waals surface area contributed by atoms with Crippen LogP contribution in [0.2, 0.25) is 0 Å². The van der Waals surface area contributed by atoms with Crippen LogP contribution in [0, 0.1) is 5.41 Å². The van der Waals surface area contributed by atoms with E-state index in [1.807, 2.05) is 6.92 Å². The van der Waals surface area contributed by atoms with Gasteiger partial charge in [-0.05, 0) is 25.0 Å². The van der Waals surface area contributed by atoms with Crippen LogP contribution in [-0.2, 0) is 4.79 Å². The zero-order chi connectivity index (χ0) is 9.31. The minimum absolute atomic E-state index is 0.0491. The maximum atomic E-state index is 11.5. The van der Waals surface area contributed by atoms with Gasteiger partial charge < -0.3 is 5.32 Å². The van der Waals surface area contributed by atoms with E-state index in [9.17, 15) is 4.79 Å². The first-order chi connectivity index (χ1) is 6.21. The molecule has 1 aliphatic rings. The Morgan fingerprint density at radius 1 is 1.62 bits per heavy atom. The molecule has 0 unspecified atom stereocenters. The normalized spacial score (nSPS) is 17.9. The van der Waals surface area contributed by atoms with Gasteiger partial charge in [-0.25, -0.2) is 0 Å². The summed E-state index contributed by atoms with van der Waals surface area (Å²) in [5.41, 5.74) is -0.155. The molecule has 1 saturated carbocycles. The molecular formula is C9H11N3O. The van der Waals surface area contributed by atoms with Crippen LogP contribution >= 0.6 is 0 Å². The molecule has 4 heteroatoms. The van der Waals surface area contributed by atoms with Crippen LogP contribution in [0.4, 0.5) is 5.82 Å². The predicted molar refractivity (Wildman–Crippen MR) is 48.0 cm³/mol. The maximum Gasteiger partial charge on any atom is 0.231 e. The molecule has 0 spiro atoms. The van der Waals surface area contributed by atoms with E-state index in [2.05, 4.69) is 15.5 Å². The van der Waals surface area contributed by atoms with Gasteiger partial charge in [0.2, 0.25) is 5.91 Å². The van der Waals surface area contributed by atoms with Gasteiger partial charge in [0.15, 0.2) is 5.82 Å². The Balaban J connectivity index is 2.03. The first-order valence-electron chi connectivity index (χ1n) is 4.30. The highest BCUT2D eigenvalue weighted by Crippen LogP contribution is 2.45. The van der Waals surface area contributed by atoms with E-state index in [-0.39, 0.29) is 11.3 Å². The number of nitrogens with zero attached hydrogens (tertiary/aromatic N) is 2. The van der Waals surface area contributed by atoms with Crippen LogP contribution in [0.15, 0.2) is 18.3 Å². The molecule has 4 nitrogen and oxygen atoms in total. The Bertz CT molecular complexity index is 319. The number of rotatable bonds is 2. The third-order valence-corrected chi connectivity index (χ3v) is 2.36. The highest BCUT2D eigenvalue weighted by atomic mass is 16.2. The van der Waals surface area contributed by atoms with E-state index >= 15 is 0 Å². The van der Waals surface area contributed by atoms with Gasteiger partial charge in [-0.2, -0.15) is 5.10 Å². The largest absolute Gasteiger partial charge is 0.309 e. The molecule has 1 fully saturated rings. The summed E-state index contributed by atoms with van der Waals surface area (Å²) in [6.45, 7) is 1.96. The Hall–Kier alpha value is -1.45. The zero-order valence-electron chi connectivity index (χ0n) is 7.45. The van der Waals surface area contributed by atoms with E-state index in [1.54, 1.807) is 18.3 Å². The molecule has 0 aliphatic heterocycles. The second kappa shape index (κ2) is 2.80. The molecule has 13 heavy (non-hydrogen) atoms. The molecule has 1 aromatic rings. The zero-order valence-corrected chi connectivity index (χ0v) is 7.45. The van der Waals surface area contributed by atoms with Crippen molar-refractivity contribution in [3.63, 3.8) is 0 Å². The van der Waals surface area contributed by atoms with E-state index in [0.717, 1.165) is 12.8 Å². The van der Waals surface area contributed by atoms with Gasteiger partial charge in [0.1, 0.15) is 0 Å². The van der Waals surface area contributed by atoms with Crippen molar-refractivity contribution < 1.29 is 4.79 Å². The summed E-state index contributed by atoms with van der Waals surface area (Å²) in [7, 11) is 0. The van der Waals surface area contributed by atoms with Crippen LogP contribution in [0.3, 0.4) is 0 Å². The molecule has 1 aliphatic carbocycles. The lowest BCUT2D eigenvalue weighted by Gasteiger charge is -2.07. The maximum absolute atomic E-state index is 11.5. The van der Waals surface area contributed by atoms with Gasteiger partial charge in [-0.3, -0.25) is 4.79 Å². The highest BCUT2D eigenvalue weighted by Gasteiger charge is 2.44. The Morgan fingerprint density at radius 2 is 2.38 bits per heavy atom. The monoisotopic (exact) mass is 177 g/mol. The molecule has 1 amide bonds. The Kier molecular flexibility index (Phi) is 1.76. The Labute approximate surface area is 76.4 Å². The van der Waals surface area contributed by atoms with Crippen molar-refractivity contribution >= 4 is 11.7 Å². The summed E-state index contributed by atoms with van der Waals surface area (Å²) in [6, 6.07) is 3.48. The molecule has 0 bridgehead atoms. The van der Waals surface area contributed by atoms with Crippen molar-refractivity contribution in [2.45, 2.75) is 19.8 Å². The molecule has 0 radical (unpaired) electrons. The number of carbonyl (C=O) groups is 1. The summed E-state index contributed by atoms with van der Waals surface area (Å²) in [6.07, 6.45) is 3.52. The molecule has 2 rings (SSSR count). The van der Waals surface area contributed by atoms with Crippen LogP contribution in [-0.4, -0.2) is 16.1 Å². The average molecular weight is 177 g/mol. The number of aromatic nitrogens is 2. The average Bonchev–Trinajstić information content (AvgIpc) is 2.87. The van der Waals surface area contributed by atoms with Gasteiger partial charge in [-0.1, -0.05) is 6.92 Å². The smallest absolute Gasteiger partial charge is 0.231 e. The first kappa shape index (κ1) is 8.16. The lowest BCUT2D eigenvalue weighted by atomic mass is 10.1. The molecule has 1 aromatic heterocycles. The predicted octanol–water partition coefficient (Wildman–Crippen LogP) is 1.22. The third-order valence-electron chi connectivity index (χ3n) is 2.36. The van der Waals surface area contributed by atoms with E-state index < -0.39 is 0 Å². The van der Waals surface area contributed by atoms with Crippen molar-refractivity contribution in [1.29, 1.82) is 0 Å². The fourth-order valence-corrected chi connectivity index (χ4v) is 1.05. The van der Waals surface area contributed by atoms with Crippen molar-refractivity contribution in [2.24, 2.45) is 5.41 Å². The van der Waals surface area contributed by atoms with Crippen molar-refractivity contribution in [1.82, 2.24) is 10.2 Å². The molecular weight excluding hydrogens is 166 g/mol. The van der Waals surface area contributed by atoms with Gasteiger partial charge in [0.25, 0.3) is 0 Å². The molecule has 1 N–H and O–H groups in total. The Morgan fingerprint density at radius 3 is 2.92 bits per heavy atom. The molecule has 0 atom stereocenters. The second-order valence-electron chi connectivity index (χ2n) is 3.62. The van der Waals surface area contributed by atoms with Crippen LogP contribution in [0.1, 0.15) is 19.8 Å². The first-order valence-corrected chi connectivity index (χ1v) is 4.30.